The van der Waals surface area contributed by atoms with E-state index in [0.29, 0.717) is 16.6 Å². The van der Waals surface area contributed by atoms with Crippen molar-refractivity contribution in [1.82, 2.24) is 20.8 Å². The van der Waals surface area contributed by atoms with Crippen LogP contribution in [0.5, 0.6) is 0 Å². The Hall–Kier alpha value is -3.01. The minimum absolute atomic E-state index is 0.111. The molecule has 0 aliphatic carbocycles. The Bertz CT molecular complexity index is 999. The zero-order valence-corrected chi connectivity index (χ0v) is 17.6. The molecule has 2 aromatic carbocycles. The fourth-order valence-electron chi connectivity index (χ4n) is 2.49. The minimum atomic E-state index is -0.890. The zero-order valence-electron chi connectivity index (χ0n) is 16.0. The number of hydrogen-bond acceptors (Lipinski definition) is 7. The molecule has 0 spiro atoms. The quantitative estimate of drug-likeness (QED) is 0.513. The van der Waals surface area contributed by atoms with Crippen molar-refractivity contribution in [3.8, 4) is 10.6 Å². The molecule has 155 valence electrons. The molecule has 1 aromatic heterocycles. The van der Waals surface area contributed by atoms with E-state index in [1.165, 1.54) is 18.4 Å². The summed E-state index contributed by atoms with van der Waals surface area (Å²) in [7, 11) is 1.39. The zero-order chi connectivity index (χ0) is 21.3. The molecular formula is C20H19ClN5O3S. The van der Waals surface area contributed by atoms with Crippen molar-refractivity contribution in [1.29, 1.82) is 0 Å². The maximum atomic E-state index is 12.3. The van der Waals surface area contributed by atoms with Crippen LogP contribution in [0.25, 0.3) is 10.6 Å². The molecule has 2 amide bonds. The lowest BCUT2D eigenvalue weighted by molar-refractivity contribution is -0.123. The van der Waals surface area contributed by atoms with Crippen LogP contribution in [-0.2, 0) is 16.1 Å². The topological polar surface area (TPSA) is 107 Å². The predicted molar refractivity (Wildman–Crippen MR) is 115 cm³/mol. The first-order valence-corrected chi connectivity index (χ1v) is 10.2. The van der Waals surface area contributed by atoms with Gasteiger partial charge < -0.3 is 4.74 Å². The van der Waals surface area contributed by atoms with Crippen molar-refractivity contribution in [3.63, 3.8) is 0 Å². The highest BCUT2D eigenvalue weighted by Crippen LogP contribution is 2.26. The van der Waals surface area contributed by atoms with Crippen molar-refractivity contribution >= 4 is 40.1 Å². The van der Waals surface area contributed by atoms with Crippen molar-refractivity contribution in [3.05, 3.63) is 65.2 Å². The summed E-state index contributed by atoms with van der Waals surface area (Å²) in [6, 6.07) is 16.7. The largest absolute Gasteiger partial charge is 0.430 e. The third kappa shape index (κ3) is 6.24. The van der Waals surface area contributed by atoms with Crippen molar-refractivity contribution in [2.75, 3.05) is 12.4 Å². The van der Waals surface area contributed by atoms with Crippen LogP contribution >= 0.6 is 22.9 Å². The lowest BCUT2D eigenvalue weighted by atomic mass is 10.2. The molecule has 0 saturated carbocycles. The van der Waals surface area contributed by atoms with Crippen LogP contribution in [0.3, 0.4) is 0 Å². The number of anilines is 1. The molecule has 0 aliphatic heterocycles. The predicted octanol–water partition coefficient (Wildman–Crippen LogP) is 3.67. The average Bonchev–Trinajstić information content (AvgIpc) is 3.21. The van der Waals surface area contributed by atoms with Gasteiger partial charge in [0, 0.05) is 24.2 Å². The van der Waals surface area contributed by atoms with Crippen LogP contribution < -0.4 is 16.0 Å². The highest BCUT2D eigenvalue weighted by molar-refractivity contribution is 7.18. The normalized spacial score (nSPS) is 11.5. The first-order valence-electron chi connectivity index (χ1n) is 9.01. The fraction of sp³-hybridized carbons (Fsp3) is 0.200. The summed E-state index contributed by atoms with van der Waals surface area (Å²) in [5.74, 6) is -0.401. The number of ether oxygens (including phenoxy) is 1. The van der Waals surface area contributed by atoms with Crippen molar-refractivity contribution in [2.45, 2.75) is 19.2 Å². The van der Waals surface area contributed by atoms with Gasteiger partial charge >= 0.3 is 6.09 Å². The van der Waals surface area contributed by atoms with Gasteiger partial charge in [-0.3, -0.25) is 20.7 Å². The molecule has 0 saturated heterocycles. The van der Waals surface area contributed by atoms with Crippen LogP contribution in [-0.4, -0.2) is 35.5 Å². The summed E-state index contributed by atoms with van der Waals surface area (Å²) >= 11 is 7.36. The lowest BCUT2D eigenvalue weighted by Crippen LogP contribution is -2.38. The Morgan fingerprint density at radius 3 is 2.60 bits per heavy atom. The number of rotatable bonds is 8. The number of carbonyl (C=O) groups is 2. The molecule has 0 fully saturated rings. The Morgan fingerprint density at radius 2 is 1.87 bits per heavy atom. The molecule has 8 nitrogen and oxygen atoms in total. The molecule has 1 atom stereocenters. The summed E-state index contributed by atoms with van der Waals surface area (Å²) in [5.41, 5.74) is 1.71. The summed E-state index contributed by atoms with van der Waals surface area (Å²) in [6.45, 7) is 0.311. The average molecular weight is 445 g/mol. The highest BCUT2D eigenvalue weighted by Gasteiger charge is 2.20. The van der Waals surface area contributed by atoms with E-state index in [-0.39, 0.29) is 11.6 Å². The molecule has 3 aromatic rings. The van der Waals surface area contributed by atoms with E-state index in [4.69, 9.17) is 16.3 Å². The number of carbonyl (C=O) groups excluding carboxylic acids is 2. The first kappa shape index (κ1) is 21.7. The third-order valence-corrected chi connectivity index (χ3v) is 5.25. The second-order valence-corrected chi connectivity index (χ2v) is 7.48. The maximum absolute atomic E-state index is 12.3. The summed E-state index contributed by atoms with van der Waals surface area (Å²) in [4.78, 5) is 24.1. The van der Waals surface area contributed by atoms with Gasteiger partial charge in [-0.15, -0.1) is 10.2 Å². The SMILES string of the molecule is C[N]C(=O)CC(NCc1ccccc1Cl)OC(=O)Nc1nnc(-c2ccccc2)s1. The molecule has 0 bridgehead atoms. The Balaban J connectivity index is 1.60. The van der Waals surface area contributed by atoms with Crippen LogP contribution in [0.15, 0.2) is 54.6 Å². The Morgan fingerprint density at radius 1 is 1.13 bits per heavy atom. The number of halogens is 1. The summed E-state index contributed by atoms with van der Waals surface area (Å²) < 4.78 is 5.36. The minimum Gasteiger partial charge on any atom is -0.430 e. The number of amides is 2. The maximum Gasteiger partial charge on any atom is 0.415 e. The fourth-order valence-corrected chi connectivity index (χ4v) is 3.43. The van der Waals surface area contributed by atoms with Gasteiger partial charge in [0.05, 0.1) is 6.42 Å². The lowest BCUT2D eigenvalue weighted by Gasteiger charge is -2.18. The Kier molecular flexibility index (Phi) is 7.72. The molecule has 3 rings (SSSR count). The van der Waals surface area contributed by atoms with Crippen molar-refractivity contribution < 1.29 is 14.3 Å². The van der Waals surface area contributed by atoms with Crippen LogP contribution in [0, 0.1) is 0 Å². The van der Waals surface area contributed by atoms with Gasteiger partial charge in [-0.25, -0.2) is 4.79 Å². The molecule has 1 unspecified atom stereocenters. The summed E-state index contributed by atoms with van der Waals surface area (Å²) in [5, 5.41) is 18.7. The van der Waals surface area contributed by atoms with Crippen LogP contribution in [0.4, 0.5) is 9.93 Å². The van der Waals surface area contributed by atoms with Gasteiger partial charge in [0.2, 0.25) is 11.0 Å². The first-order chi connectivity index (χ1) is 14.5. The van der Waals surface area contributed by atoms with Gasteiger partial charge in [0.25, 0.3) is 0 Å². The van der Waals surface area contributed by atoms with E-state index in [0.717, 1.165) is 11.1 Å². The molecule has 0 aliphatic rings. The molecule has 1 heterocycles. The van der Waals surface area contributed by atoms with Crippen LogP contribution in [0.1, 0.15) is 12.0 Å². The number of nitrogens with zero attached hydrogens (tertiary/aromatic N) is 3. The second kappa shape index (κ2) is 10.7. The van der Waals surface area contributed by atoms with E-state index in [1.807, 2.05) is 48.5 Å². The Labute approximate surface area is 182 Å². The number of benzene rings is 2. The van der Waals surface area contributed by atoms with E-state index in [2.05, 4.69) is 26.1 Å². The molecule has 1 radical (unpaired) electrons. The van der Waals surface area contributed by atoms with Gasteiger partial charge in [-0.05, 0) is 11.6 Å². The monoisotopic (exact) mass is 444 g/mol. The van der Waals surface area contributed by atoms with E-state index < -0.39 is 18.2 Å². The van der Waals surface area contributed by atoms with Gasteiger partial charge in [-0.1, -0.05) is 71.5 Å². The molecular weight excluding hydrogens is 426 g/mol. The second-order valence-electron chi connectivity index (χ2n) is 6.09. The number of hydrogen-bond donors (Lipinski definition) is 2. The standard InChI is InChI=1S/C20H19ClN5O3S/c1-22-16(27)11-17(23-12-14-9-5-6-10-15(14)21)29-20(28)24-19-26-25-18(30-19)13-7-3-2-4-8-13/h2-10,17,23H,11-12H2,1H3,(H,24,26,28). The van der Waals surface area contributed by atoms with Gasteiger partial charge in [0.15, 0.2) is 6.23 Å². The molecule has 30 heavy (non-hydrogen) atoms. The smallest absolute Gasteiger partial charge is 0.415 e. The number of aromatic nitrogens is 2. The van der Waals surface area contributed by atoms with E-state index in [9.17, 15) is 9.59 Å². The van der Waals surface area contributed by atoms with E-state index >= 15 is 0 Å². The third-order valence-electron chi connectivity index (χ3n) is 3.99. The van der Waals surface area contributed by atoms with Gasteiger partial charge in [0.1, 0.15) is 5.01 Å². The van der Waals surface area contributed by atoms with Crippen LogP contribution in [0.2, 0.25) is 5.02 Å². The molecule has 2 N–H and O–H groups in total. The van der Waals surface area contributed by atoms with Crippen molar-refractivity contribution in [2.24, 2.45) is 0 Å². The van der Waals surface area contributed by atoms with E-state index in [1.54, 1.807) is 6.07 Å². The van der Waals surface area contributed by atoms with Gasteiger partial charge in [-0.2, -0.15) is 0 Å². The number of nitrogens with one attached hydrogen (secondary N) is 2. The summed E-state index contributed by atoms with van der Waals surface area (Å²) in [6.07, 6.45) is -1.76. The molecule has 10 heteroatoms. The highest BCUT2D eigenvalue weighted by atomic mass is 35.5.